The molecule has 2 atom stereocenters. The fourth-order valence-corrected chi connectivity index (χ4v) is 3.87. The van der Waals surface area contributed by atoms with Crippen LogP contribution in [0.15, 0.2) is 18.3 Å². The first-order valence-electron chi connectivity index (χ1n) is 8.17. The van der Waals surface area contributed by atoms with Gasteiger partial charge in [-0.1, -0.05) is 11.3 Å². The van der Waals surface area contributed by atoms with Crippen LogP contribution < -0.4 is 10.1 Å². The predicted octanol–water partition coefficient (Wildman–Crippen LogP) is 2.99. The van der Waals surface area contributed by atoms with Crippen LogP contribution in [-0.4, -0.2) is 39.5 Å². The number of nitrogens with one attached hydrogen (secondary N) is 1. The van der Waals surface area contributed by atoms with Gasteiger partial charge in [0.25, 0.3) is 0 Å². The molecule has 6 nitrogen and oxygen atoms in total. The van der Waals surface area contributed by atoms with E-state index in [1.807, 2.05) is 19.1 Å². The number of anilines is 1. The van der Waals surface area contributed by atoms with Gasteiger partial charge in [0, 0.05) is 50.4 Å². The summed E-state index contributed by atoms with van der Waals surface area (Å²) in [7, 11) is 0. The normalized spacial score (nSPS) is 20.6. The van der Waals surface area contributed by atoms with Crippen molar-refractivity contribution in [3.63, 3.8) is 0 Å². The molecule has 0 aliphatic carbocycles. The fourth-order valence-electron chi connectivity index (χ4n) is 2.96. The summed E-state index contributed by atoms with van der Waals surface area (Å²) in [6.45, 7) is 6.59. The van der Waals surface area contributed by atoms with Crippen molar-refractivity contribution in [2.45, 2.75) is 45.9 Å². The lowest BCUT2D eigenvalue weighted by molar-refractivity contribution is -0.114. The van der Waals surface area contributed by atoms with Crippen LogP contribution in [0.2, 0.25) is 0 Å². The second kappa shape index (κ2) is 7.45. The van der Waals surface area contributed by atoms with Crippen molar-refractivity contribution >= 4 is 22.4 Å². The van der Waals surface area contributed by atoms with E-state index in [0.717, 1.165) is 24.4 Å². The third-order valence-corrected chi connectivity index (χ3v) is 5.05. The first-order valence-corrected chi connectivity index (χ1v) is 8.98. The maximum atomic E-state index is 14.0. The summed E-state index contributed by atoms with van der Waals surface area (Å²) in [5.74, 6) is 0.0366. The standard InChI is InChI=1S/C17H21FN4O2S/c1-10-6-13(4-5-19-10)24-14-7-11(2)22(8-14)9-15-16(18)21-17(25-15)20-12(3)23/h4-6,11,14H,7-9H2,1-3H3,(H,20,21,23)/t11-,14?/m0/s1. The number of aryl methyl sites for hydroxylation is 1. The van der Waals surface area contributed by atoms with Crippen LogP contribution in [0.3, 0.4) is 0 Å². The van der Waals surface area contributed by atoms with Crippen molar-refractivity contribution in [3.8, 4) is 5.75 Å². The second-order valence-electron chi connectivity index (χ2n) is 6.30. The number of aromatic nitrogens is 2. The lowest BCUT2D eigenvalue weighted by atomic mass is 10.2. The average molecular weight is 364 g/mol. The van der Waals surface area contributed by atoms with E-state index in [1.54, 1.807) is 6.20 Å². The average Bonchev–Trinajstić information content (AvgIpc) is 3.02. The van der Waals surface area contributed by atoms with E-state index in [-0.39, 0.29) is 18.1 Å². The molecule has 2 aromatic heterocycles. The molecule has 1 fully saturated rings. The van der Waals surface area contributed by atoms with Gasteiger partial charge >= 0.3 is 0 Å². The van der Waals surface area contributed by atoms with Crippen molar-refractivity contribution in [1.82, 2.24) is 14.9 Å². The Morgan fingerprint density at radius 3 is 3.08 bits per heavy atom. The number of rotatable bonds is 5. The van der Waals surface area contributed by atoms with Gasteiger partial charge in [0.2, 0.25) is 11.9 Å². The van der Waals surface area contributed by atoms with E-state index >= 15 is 0 Å². The first kappa shape index (κ1) is 17.8. The molecule has 0 saturated carbocycles. The van der Waals surface area contributed by atoms with Gasteiger partial charge in [0.1, 0.15) is 11.9 Å². The zero-order valence-electron chi connectivity index (χ0n) is 14.5. The molecule has 3 rings (SSSR count). The molecule has 1 saturated heterocycles. The highest BCUT2D eigenvalue weighted by Gasteiger charge is 2.31. The largest absolute Gasteiger partial charge is 0.489 e. The maximum absolute atomic E-state index is 14.0. The predicted molar refractivity (Wildman–Crippen MR) is 94.3 cm³/mol. The van der Waals surface area contributed by atoms with Crippen molar-refractivity contribution in [1.29, 1.82) is 0 Å². The van der Waals surface area contributed by atoms with Crippen LogP contribution in [-0.2, 0) is 11.3 Å². The first-order chi connectivity index (χ1) is 11.9. The van der Waals surface area contributed by atoms with Gasteiger partial charge in [-0.15, -0.1) is 0 Å². The third kappa shape index (κ3) is 4.52. The van der Waals surface area contributed by atoms with Crippen LogP contribution in [0.5, 0.6) is 5.75 Å². The molecule has 1 amide bonds. The zero-order valence-corrected chi connectivity index (χ0v) is 15.3. The van der Waals surface area contributed by atoms with Crippen molar-refractivity contribution in [3.05, 3.63) is 34.8 Å². The van der Waals surface area contributed by atoms with Crippen LogP contribution in [0, 0.1) is 12.9 Å². The van der Waals surface area contributed by atoms with Crippen LogP contribution in [0.25, 0.3) is 0 Å². The molecule has 1 aliphatic heterocycles. The number of hydrogen-bond acceptors (Lipinski definition) is 6. The van der Waals surface area contributed by atoms with Crippen molar-refractivity contribution < 1.29 is 13.9 Å². The van der Waals surface area contributed by atoms with Gasteiger partial charge < -0.3 is 10.1 Å². The summed E-state index contributed by atoms with van der Waals surface area (Å²) in [5.41, 5.74) is 0.914. The Morgan fingerprint density at radius 2 is 2.36 bits per heavy atom. The van der Waals surface area contributed by atoms with Gasteiger partial charge in [-0.05, 0) is 19.9 Å². The van der Waals surface area contributed by atoms with Gasteiger partial charge in [-0.2, -0.15) is 9.37 Å². The highest BCUT2D eigenvalue weighted by molar-refractivity contribution is 7.15. The van der Waals surface area contributed by atoms with E-state index in [2.05, 4.69) is 27.1 Å². The Morgan fingerprint density at radius 1 is 1.56 bits per heavy atom. The van der Waals surface area contributed by atoms with E-state index < -0.39 is 5.95 Å². The number of ether oxygens (including phenoxy) is 1. The number of pyridine rings is 1. The van der Waals surface area contributed by atoms with E-state index in [4.69, 9.17) is 4.74 Å². The number of amides is 1. The molecule has 2 aromatic rings. The molecule has 25 heavy (non-hydrogen) atoms. The molecule has 3 heterocycles. The molecule has 0 bridgehead atoms. The lowest BCUT2D eigenvalue weighted by Gasteiger charge is -2.19. The molecule has 134 valence electrons. The molecule has 0 radical (unpaired) electrons. The summed E-state index contributed by atoms with van der Waals surface area (Å²) in [4.78, 5) is 21.7. The van der Waals surface area contributed by atoms with E-state index in [1.165, 1.54) is 18.3 Å². The molecular formula is C17H21FN4O2S. The van der Waals surface area contributed by atoms with Crippen molar-refractivity contribution in [2.75, 3.05) is 11.9 Å². The number of halogens is 1. The molecule has 1 N–H and O–H groups in total. The van der Waals surface area contributed by atoms with Crippen LogP contribution in [0.4, 0.5) is 9.52 Å². The Labute approximate surface area is 150 Å². The van der Waals surface area contributed by atoms with Crippen LogP contribution >= 0.6 is 11.3 Å². The third-order valence-electron chi connectivity index (χ3n) is 4.12. The van der Waals surface area contributed by atoms with Gasteiger partial charge in [0.05, 0.1) is 4.88 Å². The Bertz CT molecular complexity index is 767. The minimum atomic E-state index is -0.518. The minimum Gasteiger partial charge on any atom is -0.489 e. The quantitative estimate of drug-likeness (QED) is 0.883. The summed E-state index contributed by atoms with van der Waals surface area (Å²) in [6, 6.07) is 4.04. The van der Waals surface area contributed by atoms with E-state index in [9.17, 15) is 9.18 Å². The summed E-state index contributed by atoms with van der Waals surface area (Å²) < 4.78 is 20.1. The highest BCUT2D eigenvalue weighted by Crippen LogP contribution is 2.28. The Hall–Kier alpha value is -2.06. The SMILES string of the molecule is CC(=O)Nc1nc(F)c(CN2CC(Oc3ccnc(C)c3)C[C@@H]2C)s1. The number of likely N-dealkylation sites (tertiary alicyclic amines) is 1. The smallest absolute Gasteiger partial charge is 0.230 e. The van der Waals surface area contributed by atoms with Gasteiger partial charge in [-0.25, -0.2) is 0 Å². The van der Waals surface area contributed by atoms with E-state index in [0.29, 0.717) is 16.6 Å². The van der Waals surface area contributed by atoms with Crippen LogP contribution in [0.1, 0.15) is 30.8 Å². The number of thiazole rings is 1. The molecule has 1 aliphatic rings. The van der Waals surface area contributed by atoms with Gasteiger partial charge in [-0.3, -0.25) is 14.7 Å². The molecule has 0 spiro atoms. The molecule has 1 unspecified atom stereocenters. The number of nitrogens with zero attached hydrogens (tertiary/aromatic N) is 3. The van der Waals surface area contributed by atoms with Crippen molar-refractivity contribution in [2.24, 2.45) is 0 Å². The molecule has 8 heteroatoms. The lowest BCUT2D eigenvalue weighted by Crippen LogP contribution is -2.28. The number of carbonyl (C=O) groups excluding carboxylic acids is 1. The maximum Gasteiger partial charge on any atom is 0.230 e. The topological polar surface area (TPSA) is 67.4 Å². The molecular weight excluding hydrogens is 343 g/mol. The highest BCUT2D eigenvalue weighted by atomic mass is 32.1. The fraction of sp³-hybridized carbons (Fsp3) is 0.471. The minimum absolute atomic E-state index is 0.0580. The monoisotopic (exact) mass is 364 g/mol. The second-order valence-corrected chi connectivity index (χ2v) is 7.38. The Kier molecular flexibility index (Phi) is 5.29. The Balaban J connectivity index is 1.62. The summed E-state index contributed by atoms with van der Waals surface area (Å²) in [5, 5.41) is 2.83. The summed E-state index contributed by atoms with van der Waals surface area (Å²) >= 11 is 1.18. The number of carbonyl (C=O) groups is 1. The number of hydrogen-bond donors (Lipinski definition) is 1. The molecule has 0 aromatic carbocycles. The summed E-state index contributed by atoms with van der Waals surface area (Å²) in [6.07, 6.45) is 2.67. The van der Waals surface area contributed by atoms with Gasteiger partial charge in [0.15, 0.2) is 5.13 Å². The zero-order chi connectivity index (χ0) is 18.0.